The number of urea groups is 1. The second kappa shape index (κ2) is 5.78. The fraction of sp³-hybridized carbons (Fsp3) is 0.133. The molecule has 2 amide bonds. The van der Waals surface area contributed by atoms with Gasteiger partial charge in [-0.1, -0.05) is 0 Å². The zero-order chi connectivity index (χ0) is 15.6. The lowest BCUT2D eigenvalue weighted by atomic mass is 10.1. The van der Waals surface area contributed by atoms with Crippen molar-refractivity contribution in [2.75, 3.05) is 16.4 Å². The molecule has 2 rings (SSSR count). The van der Waals surface area contributed by atoms with Crippen molar-refractivity contribution in [2.45, 2.75) is 13.8 Å². The summed E-state index contributed by atoms with van der Waals surface area (Å²) in [6.07, 6.45) is 0. The van der Waals surface area contributed by atoms with Crippen LogP contribution in [0.2, 0.25) is 0 Å². The summed E-state index contributed by atoms with van der Waals surface area (Å²) in [4.78, 5) is 11.9. The SMILES string of the molecule is Cc1cc(N)cc(C)c1NC(=O)Nc1ccc(F)cc1F. The molecule has 110 valence electrons. The van der Waals surface area contributed by atoms with E-state index < -0.39 is 17.7 Å². The summed E-state index contributed by atoms with van der Waals surface area (Å²) < 4.78 is 26.3. The summed E-state index contributed by atoms with van der Waals surface area (Å²) in [5.74, 6) is -1.54. The van der Waals surface area contributed by atoms with Crippen LogP contribution in [0.4, 0.5) is 30.6 Å². The molecular weight excluding hydrogens is 276 g/mol. The molecule has 6 heteroatoms. The summed E-state index contributed by atoms with van der Waals surface area (Å²) in [5.41, 5.74) is 8.39. The van der Waals surface area contributed by atoms with Crippen LogP contribution in [-0.4, -0.2) is 6.03 Å². The minimum atomic E-state index is -0.837. The number of nitrogens with two attached hydrogens (primary N) is 1. The Morgan fingerprint density at radius 3 is 2.24 bits per heavy atom. The summed E-state index contributed by atoms with van der Waals surface area (Å²) in [7, 11) is 0. The van der Waals surface area contributed by atoms with Gasteiger partial charge in [0.05, 0.1) is 5.69 Å². The van der Waals surface area contributed by atoms with E-state index in [1.54, 1.807) is 26.0 Å². The van der Waals surface area contributed by atoms with Crippen LogP contribution in [-0.2, 0) is 0 Å². The first-order valence-electron chi connectivity index (χ1n) is 6.26. The van der Waals surface area contributed by atoms with Gasteiger partial charge in [-0.3, -0.25) is 0 Å². The average Bonchev–Trinajstić information content (AvgIpc) is 2.37. The molecule has 4 nitrogen and oxygen atoms in total. The fourth-order valence-corrected chi connectivity index (χ4v) is 2.05. The number of nitrogen functional groups attached to an aromatic ring is 1. The van der Waals surface area contributed by atoms with E-state index in [2.05, 4.69) is 10.6 Å². The molecule has 2 aromatic carbocycles. The predicted molar refractivity (Wildman–Crippen MR) is 79.3 cm³/mol. The van der Waals surface area contributed by atoms with Gasteiger partial charge in [-0.05, 0) is 49.2 Å². The zero-order valence-corrected chi connectivity index (χ0v) is 11.6. The van der Waals surface area contributed by atoms with E-state index in [0.29, 0.717) is 17.4 Å². The molecule has 0 radical (unpaired) electrons. The number of carbonyl (C=O) groups is 1. The van der Waals surface area contributed by atoms with Gasteiger partial charge in [-0.15, -0.1) is 0 Å². The van der Waals surface area contributed by atoms with Crippen LogP contribution in [0.1, 0.15) is 11.1 Å². The van der Waals surface area contributed by atoms with Crippen LogP contribution in [0, 0.1) is 25.5 Å². The monoisotopic (exact) mass is 291 g/mol. The lowest BCUT2D eigenvalue weighted by Gasteiger charge is -2.13. The molecular formula is C15H15F2N3O. The van der Waals surface area contributed by atoms with Gasteiger partial charge in [0.1, 0.15) is 11.6 Å². The quantitative estimate of drug-likeness (QED) is 0.736. The van der Waals surface area contributed by atoms with Crippen LogP contribution in [0.5, 0.6) is 0 Å². The molecule has 0 saturated carbocycles. The number of nitrogens with one attached hydrogen (secondary N) is 2. The van der Waals surface area contributed by atoms with Gasteiger partial charge in [0.15, 0.2) is 0 Å². The van der Waals surface area contributed by atoms with E-state index in [1.807, 2.05) is 0 Å². The normalized spacial score (nSPS) is 10.3. The number of anilines is 3. The molecule has 0 bridgehead atoms. The first kappa shape index (κ1) is 14.8. The van der Waals surface area contributed by atoms with E-state index in [9.17, 15) is 13.6 Å². The Morgan fingerprint density at radius 1 is 1.05 bits per heavy atom. The fourth-order valence-electron chi connectivity index (χ4n) is 2.05. The Balaban J connectivity index is 2.16. The molecule has 0 aliphatic heterocycles. The Labute approximate surface area is 121 Å². The van der Waals surface area contributed by atoms with Crippen molar-refractivity contribution in [1.82, 2.24) is 0 Å². The highest BCUT2D eigenvalue weighted by Gasteiger charge is 2.11. The summed E-state index contributed by atoms with van der Waals surface area (Å²) >= 11 is 0. The van der Waals surface area contributed by atoms with E-state index in [4.69, 9.17) is 5.73 Å². The molecule has 0 aliphatic rings. The van der Waals surface area contributed by atoms with Crippen molar-refractivity contribution < 1.29 is 13.6 Å². The zero-order valence-electron chi connectivity index (χ0n) is 11.6. The smallest absolute Gasteiger partial charge is 0.323 e. The Morgan fingerprint density at radius 2 is 1.67 bits per heavy atom. The maximum absolute atomic E-state index is 13.5. The standard InChI is InChI=1S/C15H15F2N3O/c1-8-5-11(18)6-9(2)14(8)20-15(21)19-13-4-3-10(16)7-12(13)17/h3-7H,18H2,1-2H3,(H2,19,20,21). The summed E-state index contributed by atoms with van der Waals surface area (Å²) in [6.45, 7) is 3.61. The molecule has 0 heterocycles. The highest BCUT2D eigenvalue weighted by molar-refractivity contribution is 6.00. The number of hydrogen-bond donors (Lipinski definition) is 3. The van der Waals surface area contributed by atoms with Crippen LogP contribution in [0.15, 0.2) is 30.3 Å². The largest absolute Gasteiger partial charge is 0.399 e. The lowest BCUT2D eigenvalue weighted by molar-refractivity contribution is 0.262. The highest BCUT2D eigenvalue weighted by atomic mass is 19.1. The van der Waals surface area contributed by atoms with E-state index >= 15 is 0 Å². The molecule has 0 spiro atoms. The van der Waals surface area contributed by atoms with Gasteiger partial charge < -0.3 is 16.4 Å². The van der Waals surface area contributed by atoms with Gasteiger partial charge in [0.2, 0.25) is 0 Å². The molecule has 0 unspecified atom stereocenters. The van der Waals surface area contributed by atoms with Gasteiger partial charge >= 0.3 is 6.03 Å². The molecule has 21 heavy (non-hydrogen) atoms. The molecule has 4 N–H and O–H groups in total. The number of amides is 2. The number of aryl methyl sites for hydroxylation is 2. The average molecular weight is 291 g/mol. The number of halogens is 2. The second-order valence-corrected chi connectivity index (χ2v) is 4.73. The topological polar surface area (TPSA) is 67.1 Å². The van der Waals surface area contributed by atoms with Crippen molar-refractivity contribution in [3.05, 3.63) is 53.1 Å². The lowest BCUT2D eigenvalue weighted by Crippen LogP contribution is -2.21. The van der Waals surface area contributed by atoms with Crippen molar-refractivity contribution in [1.29, 1.82) is 0 Å². The van der Waals surface area contributed by atoms with Crippen LogP contribution in [0.25, 0.3) is 0 Å². The molecule has 0 aromatic heterocycles. The Bertz CT molecular complexity index is 678. The molecule has 2 aromatic rings. The highest BCUT2D eigenvalue weighted by Crippen LogP contribution is 2.24. The van der Waals surface area contributed by atoms with Gasteiger partial charge in [0.25, 0.3) is 0 Å². The molecule has 0 saturated heterocycles. The summed E-state index contributed by atoms with van der Waals surface area (Å²) in [6, 6.07) is 5.76. The third-order valence-electron chi connectivity index (χ3n) is 2.97. The van der Waals surface area contributed by atoms with E-state index in [-0.39, 0.29) is 5.69 Å². The molecule has 0 aliphatic carbocycles. The van der Waals surface area contributed by atoms with Crippen molar-refractivity contribution in [3.8, 4) is 0 Å². The molecule has 0 atom stereocenters. The molecule has 0 fully saturated rings. The van der Waals surface area contributed by atoms with Crippen molar-refractivity contribution in [2.24, 2.45) is 0 Å². The number of carbonyl (C=O) groups excluding carboxylic acids is 1. The number of benzene rings is 2. The predicted octanol–water partition coefficient (Wildman–Crippen LogP) is 3.81. The maximum atomic E-state index is 13.5. The van der Waals surface area contributed by atoms with Crippen molar-refractivity contribution in [3.63, 3.8) is 0 Å². The third-order valence-corrected chi connectivity index (χ3v) is 2.97. The second-order valence-electron chi connectivity index (χ2n) is 4.73. The van der Waals surface area contributed by atoms with E-state index in [0.717, 1.165) is 23.3 Å². The van der Waals surface area contributed by atoms with Crippen LogP contribution in [0.3, 0.4) is 0 Å². The van der Waals surface area contributed by atoms with Crippen molar-refractivity contribution >= 4 is 23.1 Å². The van der Waals surface area contributed by atoms with E-state index in [1.165, 1.54) is 0 Å². The van der Waals surface area contributed by atoms with Gasteiger partial charge in [0, 0.05) is 17.4 Å². The maximum Gasteiger partial charge on any atom is 0.323 e. The summed E-state index contributed by atoms with van der Waals surface area (Å²) in [5, 5.41) is 4.96. The first-order chi connectivity index (χ1) is 9.86. The number of rotatable bonds is 2. The first-order valence-corrected chi connectivity index (χ1v) is 6.26. The number of hydrogen-bond acceptors (Lipinski definition) is 2. The Hall–Kier alpha value is -2.63. The van der Waals surface area contributed by atoms with Gasteiger partial charge in [-0.2, -0.15) is 0 Å². The minimum Gasteiger partial charge on any atom is -0.399 e. The van der Waals surface area contributed by atoms with Crippen LogP contribution >= 0.6 is 0 Å². The third kappa shape index (κ3) is 3.47. The minimum absolute atomic E-state index is 0.0975. The van der Waals surface area contributed by atoms with Gasteiger partial charge in [-0.25, -0.2) is 13.6 Å². The van der Waals surface area contributed by atoms with Crippen LogP contribution < -0.4 is 16.4 Å². The Kier molecular flexibility index (Phi) is 4.07.